The molecule has 0 amide bonds. The summed E-state index contributed by atoms with van der Waals surface area (Å²) in [5.41, 5.74) is 1.11. The fourth-order valence-corrected chi connectivity index (χ4v) is 1.45. The molecule has 1 aromatic rings. The van der Waals surface area contributed by atoms with Gasteiger partial charge in [0.2, 0.25) is 0 Å². The van der Waals surface area contributed by atoms with Crippen LogP contribution in [0.1, 0.15) is 26.3 Å². The van der Waals surface area contributed by atoms with E-state index in [1.807, 2.05) is 12.1 Å². The first kappa shape index (κ1) is 10.9. The van der Waals surface area contributed by atoms with E-state index in [0.29, 0.717) is 5.75 Å². The summed E-state index contributed by atoms with van der Waals surface area (Å²) in [6.07, 6.45) is 0.843. The Morgan fingerprint density at radius 1 is 1.29 bits per heavy atom. The van der Waals surface area contributed by atoms with E-state index in [-0.39, 0.29) is 11.2 Å². The van der Waals surface area contributed by atoms with Crippen molar-refractivity contribution in [3.63, 3.8) is 0 Å². The summed E-state index contributed by atoms with van der Waals surface area (Å²) in [4.78, 5) is 0. The molecule has 0 saturated heterocycles. The molecule has 0 aliphatic rings. The molecule has 0 fully saturated rings. The van der Waals surface area contributed by atoms with Gasteiger partial charge in [0.15, 0.2) is 11.5 Å². The maximum Gasteiger partial charge on any atom is 0.160 e. The van der Waals surface area contributed by atoms with Crippen molar-refractivity contribution in [2.75, 3.05) is 7.11 Å². The van der Waals surface area contributed by atoms with Gasteiger partial charge in [0.1, 0.15) is 0 Å². The highest BCUT2D eigenvalue weighted by molar-refractivity contribution is 5.45. The summed E-state index contributed by atoms with van der Waals surface area (Å²) in [7, 11) is 1.57. The number of phenols is 1. The van der Waals surface area contributed by atoms with E-state index in [9.17, 15) is 5.11 Å². The second kappa shape index (κ2) is 3.91. The molecular weight excluding hydrogens is 176 g/mol. The predicted molar refractivity (Wildman–Crippen MR) is 57.8 cm³/mol. The van der Waals surface area contributed by atoms with E-state index in [4.69, 9.17) is 4.74 Å². The van der Waals surface area contributed by atoms with E-state index in [1.54, 1.807) is 13.2 Å². The standard InChI is InChI=1S/C12H18O2/c1-12(2,3)8-9-6-5-7-10(14-4)11(9)13/h5-7,13H,8H2,1-4H3. The van der Waals surface area contributed by atoms with Gasteiger partial charge < -0.3 is 9.84 Å². The Kier molecular flexibility index (Phi) is 3.04. The van der Waals surface area contributed by atoms with Crippen LogP contribution in [0.15, 0.2) is 18.2 Å². The Labute approximate surface area is 85.5 Å². The van der Waals surface area contributed by atoms with Crippen molar-refractivity contribution in [3.05, 3.63) is 23.8 Å². The Hall–Kier alpha value is -1.18. The van der Waals surface area contributed by atoms with E-state index < -0.39 is 0 Å². The second-order valence-corrected chi connectivity index (χ2v) is 4.71. The third-order valence-electron chi connectivity index (χ3n) is 2.02. The Morgan fingerprint density at radius 3 is 2.43 bits per heavy atom. The minimum absolute atomic E-state index is 0.170. The Bertz CT molecular complexity index is 311. The monoisotopic (exact) mass is 194 g/mol. The first-order valence-electron chi connectivity index (χ1n) is 4.79. The average Bonchev–Trinajstić information content (AvgIpc) is 2.06. The summed E-state index contributed by atoms with van der Waals surface area (Å²) in [6, 6.07) is 5.60. The molecule has 0 saturated carbocycles. The number of methoxy groups -OCH3 is 1. The van der Waals surface area contributed by atoms with Crippen LogP contribution in [0.5, 0.6) is 11.5 Å². The summed E-state index contributed by atoms with van der Waals surface area (Å²) >= 11 is 0. The zero-order chi connectivity index (χ0) is 10.8. The minimum atomic E-state index is 0.170. The van der Waals surface area contributed by atoms with Gasteiger partial charge in [-0.15, -0.1) is 0 Å². The largest absolute Gasteiger partial charge is 0.504 e. The van der Waals surface area contributed by atoms with Gasteiger partial charge in [-0.2, -0.15) is 0 Å². The van der Waals surface area contributed by atoms with Crippen molar-refractivity contribution in [1.29, 1.82) is 0 Å². The zero-order valence-corrected chi connectivity index (χ0v) is 9.29. The zero-order valence-electron chi connectivity index (χ0n) is 9.29. The fraction of sp³-hybridized carbons (Fsp3) is 0.500. The van der Waals surface area contributed by atoms with Crippen LogP contribution in [-0.4, -0.2) is 12.2 Å². The molecule has 0 aliphatic carbocycles. The molecule has 1 N–H and O–H groups in total. The third kappa shape index (κ3) is 2.66. The maximum absolute atomic E-state index is 9.83. The van der Waals surface area contributed by atoms with Crippen molar-refractivity contribution < 1.29 is 9.84 Å². The average molecular weight is 194 g/mol. The number of para-hydroxylation sites is 1. The molecule has 0 atom stereocenters. The second-order valence-electron chi connectivity index (χ2n) is 4.71. The number of hydrogen-bond acceptors (Lipinski definition) is 2. The number of hydrogen-bond donors (Lipinski definition) is 1. The highest BCUT2D eigenvalue weighted by Gasteiger charge is 2.15. The molecule has 0 heterocycles. The number of benzene rings is 1. The highest BCUT2D eigenvalue weighted by Crippen LogP contribution is 2.33. The van der Waals surface area contributed by atoms with Crippen LogP contribution in [0.4, 0.5) is 0 Å². The van der Waals surface area contributed by atoms with Gasteiger partial charge in [0, 0.05) is 0 Å². The van der Waals surface area contributed by atoms with Crippen LogP contribution in [0.2, 0.25) is 0 Å². The molecule has 2 heteroatoms. The lowest BCUT2D eigenvalue weighted by Gasteiger charge is -2.19. The van der Waals surface area contributed by atoms with Crippen molar-refractivity contribution >= 4 is 0 Å². The fourth-order valence-electron chi connectivity index (χ4n) is 1.45. The van der Waals surface area contributed by atoms with Crippen LogP contribution in [0, 0.1) is 5.41 Å². The van der Waals surface area contributed by atoms with Crippen LogP contribution in [0.25, 0.3) is 0 Å². The number of phenolic OH excluding ortho intramolecular Hbond substituents is 1. The third-order valence-corrected chi connectivity index (χ3v) is 2.02. The highest BCUT2D eigenvalue weighted by atomic mass is 16.5. The predicted octanol–water partition coefficient (Wildman–Crippen LogP) is 2.99. The minimum Gasteiger partial charge on any atom is -0.504 e. The van der Waals surface area contributed by atoms with Gasteiger partial charge >= 0.3 is 0 Å². The van der Waals surface area contributed by atoms with Gasteiger partial charge in [0.25, 0.3) is 0 Å². The molecule has 1 rings (SSSR count). The molecule has 0 spiro atoms. The lowest BCUT2D eigenvalue weighted by Crippen LogP contribution is -2.09. The van der Waals surface area contributed by atoms with E-state index >= 15 is 0 Å². The van der Waals surface area contributed by atoms with Gasteiger partial charge in [-0.25, -0.2) is 0 Å². The molecular formula is C12H18O2. The lowest BCUT2D eigenvalue weighted by molar-refractivity contribution is 0.358. The van der Waals surface area contributed by atoms with E-state index in [0.717, 1.165) is 12.0 Å². The molecule has 0 aliphatic heterocycles. The number of rotatable bonds is 2. The lowest BCUT2D eigenvalue weighted by atomic mass is 9.88. The molecule has 1 aromatic carbocycles. The first-order valence-corrected chi connectivity index (χ1v) is 4.79. The van der Waals surface area contributed by atoms with Crippen molar-refractivity contribution in [1.82, 2.24) is 0 Å². The van der Waals surface area contributed by atoms with Crippen LogP contribution in [0.3, 0.4) is 0 Å². The van der Waals surface area contributed by atoms with Crippen LogP contribution >= 0.6 is 0 Å². The van der Waals surface area contributed by atoms with Crippen LogP contribution in [-0.2, 0) is 6.42 Å². The molecule has 0 aromatic heterocycles. The quantitative estimate of drug-likeness (QED) is 0.784. The van der Waals surface area contributed by atoms with Gasteiger partial charge in [-0.3, -0.25) is 0 Å². The van der Waals surface area contributed by atoms with Crippen LogP contribution < -0.4 is 4.74 Å². The first-order chi connectivity index (χ1) is 6.44. The van der Waals surface area contributed by atoms with Gasteiger partial charge in [-0.05, 0) is 23.5 Å². The Balaban J connectivity index is 2.98. The van der Waals surface area contributed by atoms with Gasteiger partial charge in [-0.1, -0.05) is 32.9 Å². The summed E-state index contributed by atoms with van der Waals surface area (Å²) in [5.74, 6) is 0.816. The maximum atomic E-state index is 9.83. The molecule has 78 valence electrons. The Morgan fingerprint density at radius 2 is 1.93 bits per heavy atom. The summed E-state index contributed by atoms with van der Waals surface area (Å²) in [5, 5.41) is 9.83. The van der Waals surface area contributed by atoms with E-state index in [1.165, 1.54) is 0 Å². The smallest absolute Gasteiger partial charge is 0.160 e. The molecule has 14 heavy (non-hydrogen) atoms. The summed E-state index contributed by atoms with van der Waals surface area (Å²) < 4.78 is 5.05. The topological polar surface area (TPSA) is 29.5 Å². The molecule has 0 bridgehead atoms. The van der Waals surface area contributed by atoms with Crippen molar-refractivity contribution in [2.45, 2.75) is 27.2 Å². The SMILES string of the molecule is COc1cccc(CC(C)(C)C)c1O. The molecule has 2 nitrogen and oxygen atoms in total. The normalized spacial score (nSPS) is 11.4. The molecule has 0 unspecified atom stereocenters. The summed E-state index contributed by atoms with van der Waals surface area (Å²) in [6.45, 7) is 6.43. The molecule has 0 radical (unpaired) electrons. The number of aromatic hydroxyl groups is 1. The number of ether oxygens (including phenoxy) is 1. The van der Waals surface area contributed by atoms with E-state index in [2.05, 4.69) is 20.8 Å². The van der Waals surface area contributed by atoms with Crippen molar-refractivity contribution in [2.24, 2.45) is 5.41 Å². The van der Waals surface area contributed by atoms with Crippen molar-refractivity contribution in [3.8, 4) is 11.5 Å². The van der Waals surface area contributed by atoms with Gasteiger partial charge in [0.05, 0.1) is 7.11 Å².